The van der Waals surface area contributed by atoms with Crippen molar-refractivity contribution in [2.24, 2.45) is 5.41 Å². The molecule has 0 aromatic carbocycles. The molecule has 0 spiro atoms. The van der Waals surface area contributed by atoms with Crippen LogP contribution in [0.1, 0.15) is 26.7 Å². The lowest BCUT2D eigenvalue weighted by Gasteiger charge is -2.38. The van der Waals surface area contributed by atoms with Crippen molar-refractivity contribution in [3.63, 3.8) is 0 Å². The summed E-state index contributed by atoms with van der Waals surface area (Å²) in [5.41, 5.74) is 0.0377. The predicted molar refractivity (Wildman–Crippen MR) is 65.9 cm³/mol. The standard InChI is InChI=1S/C11H19BrN2O/c1-8(12)7-14-10(15)9-11(2,3)5-4-6-13-9/h9,13H,1,4-7H2,2-3H3,(H,14,15). The van der Waals surface area contributed by atoms with Crippen LogP contribution in [0.4, 0.5) is 0 Å². The summed E-state index contributed by atoms with van der Waals surface area (Å²) in [7, 11) is 0. The van der Waals surface area contributed by atoms with Crippen LogP contribution in [-0.4, -0.2) is 25.0 Å². The Labute approximate surface area is 99.8 Å². The molecule has 86 valence electrons. The van der Waals surface area contributed by atoms with Gasteiger partial charge in [-0.25, -0.2) is 0 Å². The van der Waals surface area contributed by atoms with Crippen LogP contribution in [0.25, 0.3) is 0 Å². The van der Waals surface area contributed by atoms with Crippen molar-refractivity contribution in [3.8, 4) is 0 Å². The summed E-state index contributed by atoms with van der Waals surface area (Å²) in [5.74, 6) is 0.0697. The third-order valence-electron chi connectivity index (χ3n) is 2.84. The highest BCUT2D eigenvalue weighted by atomic mass is 79.9. The molecule has 1 atom stereocenters. The smallest absolute Gasteiger partial charge is 0.237 e. The molecule has 1 heterocycles. The summed E-state index contributed by atoms with van der Waals surface area (Å²) >= 11 is 3.23. The first-order chi connectivity index (χ1) is 6.93. The molecule has 0 radical (unpaired) electrons. The molecule has 0 aromatic heterocycles. The van der Waals surface area contributed by atoms with Crippen molar-refractivity contribution in [1.82, 2.24) is 10.6 Å². The maximum absolute atomic E-state index is 11.9. The number of amides is 1. The maximum atomic E-state index is 11.9. The number of nitrogens with one attached hydrogen (secondary N) is 2. The number of hydrogen-bond acceptors (Lipinski definition) is 2. The summed E-state index contributed by atoms with van der Waals surface area (Å²) in [4.78, 5) is 11.9. The highest BCUT2D eigenvalue weighted by molar-refractivity contribution is 9.11. The summed E-state index contributed by atoms with van der Waals surface area (Å²) in [6.07, 6.45) is 2.23. The van der Waals surface area contributed by atoms with E-state index in [1.54, 1.807) is 0 Å². The Morgan fingerprint density at radius 2 is 2.33 bits per heavy atom. The average Bonchev–Trinajstić information content (AvgIpc) is 2.13. The fourth-order valence-corrected chi connectivity index (χ4v) is 2.08. The zero-order valence-corrected chi connectivity index (χ0v) is 11.0. The minimum atomic E-state index is -0.0851. The van der Waals surface area contributed by atoms with Gasteiger partial charge in [0.2, 0.25) is 5.91 Å². The van der Waals surface area contributed by atoms with Gasteiger partial charge in [0.15, 0.2) is 0 Å². The predicted octanol–water partition coefficient (Wildman–Crippen LogP) is 1.79. The number of hydrogen-bond donors (Lipinski definition) is 2. The third kappa shape index (κ3) is 3.61. The molecular weight excluding hydrogens is 256 g/mol. The van der Waals surface area contributed by atoms with Gasteiger partial charge in [0.1, 0.15) is 0 Å². The molecule has 1 rings (SSSR count). The summed E-state index contributed by atoms with van der Waals surface area (Å²) in [6, 6.07) is -0.0851. The average molecular weight is 275 g/mol. The summed E-state index contributed by atoms with van der Waals surface area (Å²) in [5, 5.41) is 6.14. The minimum absolute atomic E-state index is 0.0377. The van der Waals surface area contributed by atoms with Crippen LogP contribution in [0.15, 0.2) is 11.1 Å². The van der Waals surface area contributed by atoms with E-state index < -0.39 is 0 Å². The molecule has 1 saturated heterocycles. The van der Waals surface area contributed by atoms with E-state index >= 15 is 0 Å². The van der Waals surface area contributed by atoms with E-state index in [2.05, 4.69) is 47.0 Å². The van der Waals surface area contributed by atoms with Crippen LogP contribution >= 0.6 is 15.9 Å². The van der Waals surface area contributed by atoms with E-state index in [9.17, 15) is 4.79 Å². The first-order valence-electron chi connectivity index (χ1n) is 5.28. The van der Waals surface area contributed by atoms with Gasteiger partial charge in [-0.15, -0.1) is 0 Å². The minimum Gasteiger partial charge on any atom is -0.350 e. The molecule has 15 heavy (non-hydrogen) atoms. The zero-order chi connectivity index (χ0) is 11.5. The van der Waals surface area contributed by atoms with Crippen molar-refractivity contribution >= 4 is 21.8 Å². The van der Waals surface area contributed by atoms with Gasteiger partial charge in [-0.05, 0) is 24.8 Å². The molecule has 1 aliphatic heterocycles. The number of carbonyl (C=O) groups is 1. The number of rotatable bonds is 3. The van der Waals surface area contributed by atoms with Crippen LogP contribution in [-0.2, 0) is 4.79 Å². The topological polar surface area (TPSA) is 41.1 Å². The summed E-state index contributed by atoms with van der Waals surface area (Å²) < 4.78 is 0.796. The molecule has 2 N–H and O–H groups in total. The molecule has 1 amide bonds. The molecule has 3 nitrogen and oxygen atoms in total. The molecule has 0 aliphatic carbocycles. The third-order valence-corrected chi connectivity index (χ3v) is 3.12. The first-order valence-corrected chi connectivity index (χ1v) is 6.07. The Bertz CT molecular complexity index is 263. The van der Waals surface area contributed by atoms with E-state index in [-0.39, 0.29) is 17.4 Å². The van der Waals surface area contributed by atoms with E-state index in [1.807, 2.05) is 0 Å². The van der Waals surface area contributed by atoms with Gasteiger partial charge in [0, 0.05) is 11.0 Å². The fraction of sp³-hybridized carbons (Fsp3) is 0.727. The molecule has 1 fully saturated rings. The maximum Gasteiger partial charge on any atom is 0.237 e. The number of piperidine rings is 1. The van der Waals surface area contributed by atoms with Gasteiger partial charge in [-0.1, -0.05) is 36.4 Å². The van der Waals surface area contributed by atoms with Gasteiger partial charge in [-0.3, -0.25) is 4.79 Å². The largest absolute Gasteiger partial charge is 0.350 e. The van der Waals surface area contributed by atoms with Crippen molar-refractivity contribution in [2.45, 2.75) is 32.7 Å². The van der Waals surface area contributed by atoms with E-state index in [1.165, 1.54) is 0 Å². The molecule has 0 aromatic rings. The Balaban J connectivity index is 2.53. The second-order valence-corrected chi connectivity index (χ2v) is 5.84. The highest BCUT2D eigenvalue weighted by Gasteiger charge is 2.36. The highest BCUT2D eigenvalue weighted by Crippen LogP contribution is 2.30. The second kappa shape index (κ2) is 5.12. The van der Waals surface area contributed by atoms with Gasteiger partial charge < -0.3 is 10.6 Å². The first kappa shape index (κ1) is 12.7. The SMILES string of the molecule is C=C(Br)CNC(=O)C1NCCCC1(C)C. The molecule has 1 aliphatic rings. The van der Waals surface area contributed by atoms with E-state index in [4.69, 9.17) is 0 Å². The molecule has 0 saturated carbocycles. The lowest BCUT2D eigenvalue weighted by molar-refractivity contribution is -0.126. The van der Waals surface area contributed by atoms with Gasteiger partial charge in [0.05, 0.1) is 6.04 Å². The van der Waals surface area contributed by atoms with Gasteiger partial charge >= 0.3 is 0 Å². The zero-order valence-electron chi connectivity index (χ0n) is 9.40. The molecule has 4 heteroatoms. The summed E-state index contributed by atoms with van der Waals surface area (Å²) in [6.45, 7) is 9.37. The number of halogens is 1. The Morgan fingerprint density at radius 1 is 1.67 bits per heavy atom. The Kier molecular flexibility index (Phi) is 4.34. The fourth-order valence-electron chi connectivity index (χ4n) is 1.94. The van der Waals surface area contributed by atoms with Gasteiger partial charge in [0.25, 0.3) is 0 Å². The van der Waals surface area contributed by atoms with Gasteiger partial charge in [-0.2, -0.15) is 0 Å². The van der Waals surface area contributed by atoms with Crippen molar-refractivity contribution in [1.29, 1.82) is 0 Å². The lowest BCUT2D eigenvalue weighted by Crippen LogP contribution is -2.55. The van der Waals surface area contributed by atoms with Crippen molar-refractivity contribution in [3.05, 3.63) is 11.1 Å². The monoisotopic (exact) mass is 274 g/mol. The van der Waals surface area contributed by atoms with E-state index in [0.717, 1.165) is 23.9 Å². The molecule has 1 unspecified atom stereocenters. The van der Waals surface area contributed by atoms with Crippen LogP contribution in [0.2, 0.25) is 0 Å². The quantitative estimate of drug-likeness (QED) is 0.824. The van der Waals surface area contributed by atoms with Crippen molar-refractivity contribution in [2.75, 3.05) is 13.1 Å². The van der Waals surface area contributed by atoms with Crippen LogP contribution in [0.5, 0.6) is 0 Å². The molecular formula is C11H19BrN2O. The normalized spacial score (nSPS) is 24.6. The Hall–Kier alpha value is -0.350. The van der Waals surface area contributed by atoms with Crippen LogP contribution in [0.3, 0.4) is 0 Å². The van der Waals surface area contributed by atoms with Crippen LogP contribution < -0.4 is 10.6 Å². The lowest BCUT2D eigenvalue weighted by atomic mass is 9.77. The molecule has 0 bridgehead atoms. The number of carbonyl (C=O) groups excluding carboxylic acids is 1. The van der Waals surface area contributed by atoms with E-state index in [0.29, 0.717) is 6.54 Å². The Morgan fingerprint density at radius 3 is 2.87 bits per heavy atom. The van der Waals surface area contributed by atoms with Crippen LogP contribution in [0, 0.1) is 5.41 Å². The second-order valence-electron chi connectivity index (χ2n) is 4.71. The van der Waals surface area contributed by atoms with Crippen molar-refractivity contribution < 1.29 is 4.79 Å².